The highest BCUT2D eigenvalue weighted by Gasteiger charge is 2.43. The van der Waals surface area contributed by atoms with E-state index in [0.29, 0.717) is 31.0 Å². The Bertz CT molecular complexity index is 727. The van der Waals surface area contributed by atoms with E-state index in [1.165, 1.54) is 0 Å². The number of hydrogen-bond acceptors (Lipinski definition) is 4. The first-order valence-corrected chi connectivity index (χ1v) is 7.26. The van der Waals surface area contributed by atoms with E-state index >= 15 is 0 Å². The first kappa shape index (κ1) is 13.0. The zero-order valence-corrected chi connectivity index (χ0v) is 11.8. The SMILES string of the molecule is O=C1NC[C@H]2CN(C(=O)c3cc(-c4ccccn4)n[nH]3)C[C@@H]12. The number of hydrogen-bond donors (Lipinski definition) is 2. The molecule has 0 unspecified atom stereocenters. The van der Waals surface area contributed by atoms with Gasteiger partial charge in [-0.15, -0.1) is 0 Å². The molecule has 2 fully saturated rings. The van der Waals surface area contributed by atoms with E-state index in [9.17, 15) is 9.59 Å². The molecule has 0 aliphatic carbocycles. The third-order valence-electron chi connectivity index (χ3n) is 4.34. The third kappa shape index (κ3) is 2.05. The molecule has 2 N–H and O–H groups in total. The number of carbonyl (C=O) groups is 2. The van der Waals surface area contributed by atoms with Crippen molar-refractivity contribution in [3.8, 4) is 11.4 Å². The zero-order valence-electron chi connectivity index (χ0n) is 11.8. The fourth-order valence-corrected chi connectivity index (χ4v) is 3.15. The van der Waals surface area contributed by atoms with Gasteiger partial charge in [0.05, 0.1) is 11.6 Å². The van der Waals surface area contributed by atoms with Crippen molar-refractivity contribution < 1.29 is 9.59 Å². The van der Waals surface area contributed by atoms with Gasteiger partial charge in [0.25, 0.3) is 5.91 Å². The lowest BCUT2D eigenvalue weighted by molar-refractivity contribution is -0.122. The molecule has 2 aliphatic rings. The van der Waals surface area contributed by atoms with Gasteiger partial charge in [-0.05, 0) is 18.2 Å². The van der Waals surface area contributed by atoms with Crippen molar-refractivity contribution in [3.05, 3.63) is 36.2 Å². The van der Waals surface area contributed by atoms with Crippen molar-refractivity contribution in [1.82, 2.24) is 25.4 Å². The number of amides is 2. The van der Waals surface area contributed by atoms with Crippen molar-refractivity contribution in [2.24, 2.45) is 11.8 Å². The minimum atomic E-state index is -0.114. The van der Waals surface area contributed by atoms with Gasteiger partial charge in [-0.1, -0.05) is 6.07 Å². The first-order chi connectivity index (χ1) is 10.7. The van der Waals surface area contributed by atoms with Crippen molar-refractivity contribution >= 4 is 11.8 Å². The van der Waals surface area contributed by atoms with E-state index < -0.39 is 0 Å². The number of likely N-dealkylation sites (tertiary alicyclic amines) is 1. The van der Waals surface area contributed by atoms with Crippen LogP contribution in [-0.2, 0) is 4.79 Å². The van der Waals surface area contributed by atoms with Gasteiger partial charge in [0.15, 0.2) is 0 Å². The molecule has 2 atom stereocenters. The summed E-state index contributed by atoms with van der Waals surface area (Å²) < 4.78 is 0. The number of nitrogens with zero attached hydrogens (tertiary/aromatic N) is 3. The van der Waals surface area contributed by atoms with Crippen LogP contribution in [0.4, 0.5) is 0 Å². The molecule has 2 saturated heterocycles. The fourth-order valence-electron chi connectivity index (χ4n) is 3.15. The van der Waals surface area contributed by atoms with Gasteiger partial charge in [0.1, 0.15) is 11.4 Å². The summed E-state index contributed by atoms with van der Waals surface area (Å²) in [6.07, 6.45) is 1.69. The molecule has 0 radical (unpaired) electrons. The molecule has 2 aromatic rings. The number of pyridine rings is 1. The molecule has 22 heavy (non-hydrogen) atoms. The maximum absolute atomic E-state index is 12.5. The summed E-state index contributed by atoms with van der Waals surface area (Å²) in [4.78, 5) is 30.1. The molecule has 4 rings (SSSR count). The van der Waals surface area contributed by atoms with Crippen LogP contribution in [0.3, 0.4) is 0 Å². The Balaban J connectivity index is 1.52. The van der Waals surface area contributed by atoms with E-state index in [4.69, 9.17) is 0 Å². The molecule has 7 nitrogen and oxygen atoms in total. The number of carbonyl (C=O) groups excluding carboxylic acids is 2. The van der Waals surface area contributed by atoms with Gasteiger partial charge in [-0.3, -0.25) is 19.7 Å². The van der Waals surface area contributed by atoms with Crippen LogP contribution in [-0.4, -0.2) is 51.5 Å². The lowest BCUT2D eigenvalue weighted by atomic mass is 10.0. The van der Waals surface area contributed by atoms with Gasteiger partial charge in [-0.2, -0.15) is 5.10 Å². The summed E-state index contributed by atoms with van der Waals surface area (Å²) in [6, 6.07) is 7.25. The number of H-pyrrole nitrogens is 1. The van der Waals surface area contributed by atoms with Gasteiger partial charge in [-0.25, -0.2) is 0 Å². The average Bonchev–Trinajstić information content (AvgIpc) is 3.25. The fraction of sp³-hybridized carbons (Fsp3) is 0.333. The molecular formula is C15H15N5O2. The van der Waals surface area contributed by atoms with Crippen LogP contribution in [0.2, 0.25) is 0 Å². The van der Waals surface area contributed by atoms with Crippen molar-refractivity contribution in [2.75, 3.05) is 19.6 Å². The van der Waals surface area contributed by atoms with E-state index in [1.54, 1.807) is 17.2 Å². The van der Waals surface area contributed by atoms with Gasteiger partial charge >= 0.3 is 0 Å². The molecular weight excluding hydrogens is 282 g/mol. The lowest BCUT2D eigenvalue weighted by Crippen LogP contribution is -2.33. The summed E-state index contributed by atoms with van der Waals surface area (Å²) in [5.74, 6) is 0.104. The van der Waals surface area contributed by atoms with Gasteiger partial charge in [0, 0.05) is 31.7 Å². The summed E-state index contributed by atoms with van der Waals surface area (Å²) in [5, 5.41) is 9.77. The molecule has 2 aromatic heterocycles. The Morgan fingerprint density at radius 2 is 2.18 bits per heavy atom. The molecule has 0 saturated carbocycles. The topological polar surface area (TPSA) is 91.0 Å². The highest BCUT2D eigenvalue weighted by atomic mass is 16.2. The Morgan fingerprint density at radius 3 is 2.95 bits per heavy atom. The second kappa shape index (κ2) is 4.94. The minimum Gasteiger partial charge on any atom is -0.355 e. The van der Waals surface area contributed by atoms with Crippen LogP contribution < -0.4 is 5.32 Å². The maximum atomic E-state index is 12.5. The predicted octanol–water partition coefficient (Wildman–Crippen LogP) is 0.290. The van der Waals surface area contributed by atoms with Gasteiger partial charge in [0.2, 0.25) is 5.91 Å². The van der Waals surface area contributed by atoms with E-state index in [0.717, 1.165) is 5.69 Å². The largest absolute Gasteiger partial charge is 0.355 e. The van der Waals surface area contributed by atoms with Crippen LogP contribution in [0.15, 0.2) is 30.5 Å². The van der Waals surface area contributed by atoms with Crippen LogP contribution in [0.25, 0.3) is 11.4 Å². The van der Waals surface area contributed by atoms with Crippen LogP contribution in [0, 0.1) is 11.8 Å². The number of nitrogens with one attached hydrogen (secondary N) is 2. The Hall–Kier alpha value is -2.70. The van der Waals surface area contributed by atoms with Crippen LogP contribution in [0.1, 0.15) is 10.5 Å². The quantitative estimate of drug-likeness (QED) is 0.833. The smallest absolute Gasteiger partial charge is 0.271 e. The second-order valence-electron chi connectivity index (χ2n) is 5.70. The van der Waals surface area contributed by atoms with Crippen molar-refractivity contribution in [1.29, 1.82) is 0 Å². The summed E-state index contributed by atoms with van der Waals surface area (Å²) in [5.41, 5.74) is 1.79. The van der Waals surface area contributed by atoms with Crippen molar-refractivity contribution in [3.63, 3.8) is 0 Å². The molecule has 0 bridgehead atoms. The number of rotatable bonds is 2. The normalized spacial score (nSPS) is 23.5. The highest BCUT2D eigenvalue weighted by Crippen LogP contribution is 2.28. The molecule has 0 spiro atoms. The zero-order chi connectivity index (χ0) is 15.1. The van der Waals surface area contributed by atoms with Crippen molar-refractivity contribution in [2.45, 2.75) is 0 Å². The third-order valence-corrected chi connectivity index (χ3v) is 4.34. The van der Waals surface area contributed by atoms with Crippen LogP contribution in [0.5, 0.6) is 0 Å². The van der Waals surface area contributed by atoms with E-state index in [1.807, 2.05) is 18.2 Å². The monoisotopic (exact) mass is 297 g/mol. The lowest BCUT2D eigenvalue weighted by Gasteiger charge is -2.15. The number of fused-ring (bicyclic) bond motifs is 1. The standard InChI is InChI=1S/C15H15N5O2/c21-14-10-8-20(7-9(10)6-17-14)15(22)13-5-12(18-19-13)11-3-1-2-4-16-11/h1-5,9-10H,6-8H2,(H,17,21)(H,18,19)/t9-,10+/m0/s1. The molecule has 112 valence electrons. The average molecular weight is 297 g/mol. The second-order valence-corrected chi connectivity index (χ2v) is 5.70. The Kier molecular flexibility index (Phi) is 2.92. The maximum Gasteiger partial charge on any atom is 0.271 e. The minimum absolute atomic E-state index is 0.0547. The Morgan fingerprint density at radius 1 is 1.27 bits per heavy atom. The summed E-state index contributed by atoms with van der Waals surface area (Å²) >= 11 is 0. The molecule has 0 aromatic carbocycles. The first-order valence-electron chi connectivity index (χ1n) is 7.26. The predicted molar refractivity (Wildman–Crippen MR) is 77.7 cm³/mol. The van der Waals surface area contributed by atoms with Gasteiger partial charge < -0.3 is 10.2 Å². The summed E-state index contributed by atoms with van der Waals surface area (Å²) in [6.45, 7) is 1.75. The molecule has 4 heterocycles. The number of aromatic nitrogens is 3. The van der Waals surface area contributed by atoms with Crippen LogP contribution >= 0.6 is 0 Å². The molecule has 2 amide bonds. The number of aromatic amines is 1. The Labute approximate surface area is 126 Å². The summed E-state index contributed by atoms with van der Waals surface area (Å²) in [7, 11) is 0. The molecule has 2 aliphatic heterocycles. The highest BCUT2D eigenvalue weighted by molar-refractivity contribution is 5.94. The van der Waals surface area contributed by atoms with E-state index in [-0.39, 0.29) is 23.7 Å². The van der Waals surface area contributed by atoms with E-state index in [2.05, 4.69) is 20.5 Å². The molecule has 7 heteroatoms.